The highest BCUT2D eigenvalue weighted by Gasteiger charge is 2.12. The highest BCUT2D eigenvalue weighted by molar-refractivity contribution is 5.55. The van der Waals surface area contributed by atoms with Crippen molar-refractivity contribution in [2.45, 2.75) is 6.10 Å². The molecule has 0 bridgehead atoms. The second-order valence-electron chi connectivity index (χ2n) is 4.73. The van der Waals surface area contributed by atoms with Gasteiger partial charge in [0.2, 0.25) is 0 Å². The largest absolute Gasteiger partial charge is 0.495 e. The van der Waals surface area contributed by atoms with E-state index in [9.17, 15) is 5.11 Å². The molecule has 3 N–H and O–H groups in total. The number of nitrogen functional groups attached to an aromatic ring is 1. The molecule has 1 unspecified atom stereocenters. The van der Waals surface area contributed by atoms with Crippen molar-refractivity contribution in [1.82, 2.24) is 0 Å². The summed E-state index contributed by atoms with van der Waals surface area (Å²) < 4.78 is 5.11. The van der Waals surface area contributed by atoms with Gasteiger partial charge in [-0.2, -0.15) is 0 Å². The fraction of sp³-hybridized carbons (Fsp3) is 0.250. The van der Waals surface area contributed by atoms with Crippen LogP contribution < -0.4 is 15.4 Å². The summed E-state index contributed by atoms with van der Waals surface area (Å²) in [6.45, 7) is 0.496. The Balaban J connectivity index is 2.08. The van der Waals surface area contributed by atoms with Crippen LogP contribution >= 0.6 is 0 Å². The van der Waals surface area contributed by atoms with Crippen molar-refractivity contribution in [3.63, 3.8) is 0 Å². The Hall–Kier alpha value is -2.20. The number of aliphatic hydroxyl groups is 1. The molecule has 0 saturated heterocycles. The molecule has 1 atom stereocenters. The van der Waals surface area contributed by atoms with E-state index in [1.165, 1.54) is 0 Å². The van der Waals surface area contributed by atoms with Crippen LogP contribution in [0.15, 0.2) is 48.5 Å². The van der Waals surface area contributed by atoms with Gasteiger partial charge in [0.15, 0.2) is 0 Å². The highest BCUT2D eigenvalue weighted by atomic mass is 16.5. The Labute approximate surface area is 119 Å². The summed E-state index contributed by atoms with van der Waals surface area (Å²) in [7, 11) is 3.52. The van der Waals surface area contributed by atoms with Crippen molar-refractivity contribution in [2.75, 3.05) is 31.3 Å². The first-order chi connectivity index (χ1) is 9.61. The van der Waals surface area contributed by atoms with Gasteiger partial charge in [0.25, 0.3) is 0 Å². The Morgan fingerprint density at radius 1 is 1.20 bits per heavy atom. The number of aliphatic hydroxyl groups excluding tert-OH is 1. The van der Waals surface area contributed by atoms with Gasteiger partial charge in [-0.1, -0.05) is 24.3 Å². The van der Waals surface area contributed by atoms with E-state index in [1.807, 2.05) is 48.3 Å². The van der Waals surface area contributed by atoms with E-state index in [0.717, 1.165) is 11.3 Å². The average molecular weight is 272 g/mol. The number of rotatable bonds is 5. The first-order valence-electron chi connectivity index (χ1n) is 6.49. The lowest BCUT2D eigenvalue weighted by molar-refractivity contribution is 0.185. The maximum atomic E-state index is 10.3. The SMILES string of the molecule is COc1ccc(C(O)CN(C)c2ccccc2)cc1N. The summed E-state index contributed by atoms with van der Waals surface area (Å²) in [5.41, 5.74) is 8.24. The molecule has 20 heavy (non-hydrogen) atoms. The van der Waals surface area contributed by atoms with Gasteiger partial charge in [0.05, 0.1) is 18.9 Å². The van der Waals surface area contributed by atoms with E-state index in [1.54, 1.807) is 19.2 Å². The number of likely N-dealkylation sites (N-methyl/N-ethyl adjacent to an activating group) is 1. The lowest BCUT2D eigenvalue weighted by Gasteiger charge is -2.23. The monoisotopic (exact) mass is 272 g/mol. The summed E-state index contributed by atoms with van der Waals surface area (Å²) in [5, 5.41) is 10.3. The molecule has 0 radical (unpaired) electrons. The molecule has 4 heteroatoms. The van der Waals surface area contributed by atoms with Gasteiger partial charge in [-0.3, -0.25) is 0 Å². The third kappa shape index (κ3) is 3.22. The van der Waals surface area contributed by atoms with Gasteiger partial charge in [-0.25, -0.2) is 0 Å². The van der Waals surface area contributed by atoms with Crippen LogP contribution in [0.4, 0.5) is 11.4 Å². The smallest absolute Gasteiger partial charge is 0.141 e. The van der Waals surface area contributed by atoms with Crippen LogP contribution in [0.1, 0.15) is 11.7 Å². The Kier molecular flexibility index (Phi) is 4.48. The van der Waals surface area contributed by atoms with Crippen LogP contribution in [0.3, 0.4) is 0 Å². The number of anilines is 2. The number of ether oxygens (including phenoxy) is 1. The number of nitrogens with two attached hydrogens (primary N) is 1. The summed E-state index contributed by atoms with van der Waals surface area (Å²) in [5.74, 6) is 0.623. The molecule has 0 spiro atoms. The molecule has 0 saturated carbocycles. The van der Waals surface area contributed by atoms with Crippen molar-refractivity contribution < 1.29 is 9.84 Å². The van der Waals surface area contributed by atoms with E-state index >= 15 is 0 Å². The van der Waals surface area contributed by atoms with E-state index in [-0.39, 0.29) is 0 Å². The molecular formula is C16H20N2O2. The molecular weight excluding hydrogens is 252 g/mol. The van der Waals surface area contributed by atoms with Crippen molar-refractivity contribution in [2.24, 2.45) is 0 Å². The van der Waals surface area contributed by atoms with E-state index in [2.05, 4.69) is 0 Å². The molecule has 2 aromatic rings. The maximum absolute atomic E-state index is 10.3. The van der Waals surface area contributed by atoms with Crippen LogP contribution in [-0.4, -0.2) is 25.8 Å². The number of nitrogens with zero attached hydrogens (tertiary/aromatic N) is 1. The van der Waals surface area contributed by atoms with E-state index in [4.69, 9.17) is 10.5 Å². The zero-order valence-electron chi connectivity index (χ0n) is 11.8. The molecule has 0 aliphatic heterocycles. The maximum Gasteiger partial charge on any atom is 0.141 e. The minimum atomic E-state index is -0.603. The molecule has 0 aliphatic rings. The molecule has 2 aromatic carbocycles. The molecule has 0 heterocycles. The molecule has 4 nitrogen and oxygen atoms in total. The van der Waals surface area contributed by atoms with Crippen molar-refractivity contribution in [3.8, 4) is 5.75 Å². The predicted molar refractivity (Wildman–Crippen MR) is 82.1 cm³/mol. The molecule has 0 aromatic heterocycles. The zero-order chi connectivity index (χ0) is 14.5. The summed E-state index contributed by atoms with van der Waals surface area (Å²) >= 11 is 0. The summed E-state index contributed by atoms with van der Waals surface area (Å²) in [6, 6.07) is 15.3. The van der Waals surface area contributed by atoms with E-state index in [0.29, 0.717) is 18.0 Å². The minimum Gasteiger partial charge on any atom is -0.495 e. The number of hydrogen-bond acceptors (Lipinski definition) is 4. The summed E-state index contributed by atoms with van der Waals surface area (Å²) in [6.07, 6.45) is -0.603. The van der Waals surface area contributed by atoms with Crippen molar-refractivity contribution in [3.05, 3.63) is 54.1 Å². The van der Waals surface area contributed by atoms with Gasteiger partial charge in [-0.05, 0) is 29.8 Å². The lowest BCUT2D eigenvalue weighted by Crippen LogP contribution is -2.24. The zero-order valence-corrected chi connectivity index (χ0v) is 11.8. The highest BCUT2D eigenvalue weighted by Crippen LogP contribution is 2.26. The summed E-state index contributed by atoms with van der Waals surface area (Å²) in [4.78, 5) is 2.01. The molecule has 106 valence electrons. The second kappa shape index (κ2) is 6.30. The van der Waals surface area contributed by atoms with Crippen LogP contribution in [0.2, 0.25) is 0 Å². The molecule has 0 amide bonds. The van der Waals surface area contributed by atoms with Crippen molar-refractivity contribution in [1.29, 1.82) is 0 Å². The average Bonchev–Trinajstić information content (AvgIpc) is 2.48. The van der Waals surface area contributed by atoms with Crippen LogP contribution in [0.25, 0.3) is 0 Å². The first kappa shape index (κ1) is 14.2. The van der Waals surface area contributed by atoms with Gasteiger partial charge in [0, 0.05) is 19.3 Å². The Bertz CT molecular complexity index is 558. The number of hydrogen-bond donors (Lipinski definition) is 2. The normalized spacial score (nSPS) is 11.9. The van der Waals surface area contributed by atoms with Crippen molar-refractivity contribution >= 4 is 11.4 Å². The Morgan fingerprint density at radius 3 is 2.50 bits per heavy atom. The third-order valence-electron chi connectivity index (χ3n) is 3.28. The quantitative estimate of drug-likeness (QED) is 0.821. The van der Waals surface area contributed by atoms with Gasteiger partial charge >= 0.3 is 0 Å². The predicted octanol–water partition coefficient (Wildman–Crippen LogP) is 2.45. The van der Waals surface area contributed by atoms with Crippen LogP contribution in [0, 0.1) is 0 Å². The van der Waals surface area contributed by atoms with Crippen LogP contribution in [-0.2, 0) is 0 Å². The minimum absolute atomic E-state index is 0.496. The van der Waals surface area contributed by atoms with E-state index < -0.39 is 6.10 Å². The first-order valence-corrected chi connectivity index (χ1v) is 6.49. The van der Waals surface area contributed by atoms with Gasteiger partial charge in [0.1, 0.15) is 5.75 Å². The Morgan fingerprint density at radius 2 is 1.90 bits per heavy atom. The fourth-order valence-electron chi connectivity index (χ4n) is 2.11. The standard InChI is InChI=1S/C16H20N2O2/c1-18(13-6-4-3-5-7-13)11-15(19)12-8-9-16(20-2)14(17)10-12/h3-10,15,19H,11,17H2,1-2H3. The molecule has 0 aliphatic carbocycles. The van der Waals surface area contributed by atoms with Gasteiger partial charge in [-0.15, -0.1) is 0 Å². The molecule has 0 fully saturated rings. The number of benzene rings is 2. The van der Waals surface area contributed by atoms with Crippen LogP contribution in [0.5, 0.6) is 5.75 Å². The fourth-order valence-corrected chi connectivity index (χ4v) is 2.11. The van der Waals surface area contributed by atoms with Gasteiger partial charge < -0.3 is 20.5 Å². The topological polar surface area (TPSA) is 58.7 Å². The number of methoxy groups -OCH3 is 1. The number of para-hydroxylation sites is 1. The lowest BCUT2D eigenvalue weighted by atomic mass is 10.1. The second-order valence-corrected chi connectivity index (χ2v) is 4.73. The molecule has 2 rings (SSSR count). The third-order valence-corrected chi connectivity index (χ3v) is 3.28.